The van der Waals surface area contributed by atoms with Crippen molar-refractivity contribution in [1.29, 1.82) is 0 Å². The van der Waals surface area contributed by atoms with Crippen molar-refractivity contribution in [1.82, 2.24) is 0 Å². The SMILES string of the molecule is C[C@H]1N=C1c1ccccc1. The Labute approximate surface area is 60.4 Å². The lowest BCUT2D eigenvalue weighted by Crippen LogP contribution is -1.92. The molecule has 2 rings (SSSR count). The Hall–Kier alpha value is -1.11. The fourth-order valence-corrected chi connectivity index (χ4v) is 1.10. The predicted molar refractivity (Wildman–Crippen MR) is 42.4 cm³/mol. The largest absolute Gasteiger partial charge is 0.277 e. The molecule has 0 aliphatic carbocycles. The molecule has 1 nitrogen and oxygen atoms in total. The summed E-state index contributed by atoms with van der Waals surface area (Å²) in [6, 6.07) is 10.8. The summed E-state index contributed by atoms with van der Waals surface area (Å²) in [5, 5.41) is 0. The van der Waals surface area contributed by atoms with Crippen LogP contribution >= 0.6 is 0 Å². The predicted octanol–water partition coefficient (Wildman–Crippen LogP) is 1.88. The summed E-state index contributed by atoms with van der Waals surface area (Å²) in [5.41, 5.74) is 2.52. The first kappa shape index (κ1) is 5.66. The fourth-order valence-electron chi connectivity index (χ4n) is 1.10. The van der Waals surface area contributed by atoms with Gasteiger partial charge in [0.15, 0.2) is 0 Å². The van der Waals surface area contributed by atoms with E-state index in [4.69, 9.17) is 0 Å². The molecule has 0 radical (unpaired) electrons. The Bertz CT molecular complexity index is 261. The zero-order valence-corrected chi connectivity index (χ0v) is 5.91. The molecule has 50 valence electrons. The van der Waals surface area contributed by atoms with Gasteiger partial charge >= 0.3 is 0 Å². The van der Waals surface area contributed by atoms with Crippen molar-refractivity contribution in [3.63, 3.8) is 0 Å². The van der Waals surface area contributed by atoms with Crippen LogP contribution in [0.1, 0.15) is 12.5 Å². The minimum Gasteiger partial charge on any atom is -0.277 e. The van der Waals surface area contributed by atoms with Gasteiger partial charge in [-0.25, -0.2) is 0 Å². The van der Waals surface area contributed by atoms with Gasteiger partial charge in [0.05, 0.1) is 11.8 Å². The van der Waals surface area contributed by atoms with Gasteiger partial charge in [0.1, 0.15) is 0 Å². The van der Waals surface area contributed by atoms with Gasteiger partial charge in [-0.05, 0) is 12.5 Å². The van der Waals surface area contributed by atoms with Crippen LogP contribution in [0.3, 0.4) is 0 Å². The molecular weight excluding hydrogens is 122 g/mol. The molecule has 1 aliphatic heterocycles. The van der Waals surface area contributed by atoms with Gasteiger partial charge in [0.2, 0.25) is 0 Å². The summed E-state index contributed by atoms with van der Waals surface area (Å²) in [6.45, 7) is 2.11. The molecular formula is C9H9N. The maximum Gasteiger partial charge on any atom is 0.0897 e. The van der Waals surface area contributed by atoms with E-state index < -0.39 is 0 Å². The smallest absolute Gasteiger partial charge is 0.0897 e. The van der Waals surface area contributed by atoms with Crippen molar-refractivity contribution in [3.8, 4) is 0 Å². The summed E-state index contributed by atoms with van der Waals surface area (Å²) >= 11 is 0. The number of aliphatic imine (C=N–C) groups is 1. The minimum absolute atomic E-state index is 0.474. The van der Waals surface area contributed by atoms with E-state index in [0.717, 1.165) is 0 Å². The van der Waals surface area contributed by atoms with Crippen LogP contribution < -0.4 is 0 Å². The summed E-state index contributed by atoms with van der Waals surface area (Å²) in [4.78, 5) is 4.24. The molecule has 0 aromatic heterocycles. The summed E-state index contributed by atoms with van der Waals surface area (Å²) in [5.74, 6) is 0. The average molecular weight is 131 g/mol. The topological polar surface area (TPSA) is 12.4 Å². The van der Waals surface area contributed by atoms with Gasteiger partial charge in [-0.2, -0.15) is 0 Å². The molecule has 0 fully saturated rings. The molecule has 0 saturated carbocycles. The van der Waals surface area contributed by atoms with Crippen LogP contribution in [0.15, 0.2) is 35.3 Å². The number of benzene rings is 1. The molecule has 1 atom stereocenters. The standard InChI is InChI=1S/C9H9N/c1-7-9(10-7)8-5-3-2-4-6-8/h2-7H,1H3/t7-/m1/s1. The molecule has 0 unspecified atom stereocenters. The second-order valence-electron chi connectivity index (χ2n) is 2.56. The van der Waals surface area contributed by atoms with E-state index in [-0.39, 0.29) is 0 Å². The summed E-state index contributed by atoms with van der Waals surface area (Å²) in [7, 11) is 0. The van der Waals surface area contributed by atoms with Crippen LogP contribution in [-0.4, -0.2) is 11.8 Å². The van der Waals surface area contributed by atoms with E-state index in [1.165, 1.54) is 11.3 Å². The van der Waals surface area contributed by atoms with E-state index in [2.05, 4.69) is 24.0 Å². The molecule has 1 heterocycles. The van der Waals surface area contributed by atoms with Crippen LogP contribution in [-0.2, 0) is 0 Å². The maximum atomic E-state index is 4.24. The highest BCUT2D eigenvalue weighted by Crippen LogP contribution is 2.18. The molecule has 0 spiro atoms. The van der Waals surface area contributed by atoms with Gasteiger partial charge in [-0.15, -0.1) is 0 Å². The molecule has 1 aromatic rings. The van der Waals surface area contributed by atoms with Crippen molar-refractivity contribution in [2.24, 2.45) is 4.99 Å². The first-order valence-corrected chi connectivity index (χ1v) is 3.51. The lowest BCUT2D eigenvalue weighted by Gasteiger charge is -1.89. The first-order chi connectivity index (χ1) is 4.88. The first-order valence-electron chi connectivity index (χ1n) is 3.51. The minimum atomic E-state index is 0.474. The van der Waals surface area contributed by atoms with Gasteiger partial charge in [0.25, 0.3) is 0 Å². The highest BCUT2D eigenvalue weighted by atomic mass is 15.0. The number of hydrogen-bond acceptors (Lipinski definition) is 1. The molecule has 0 N–H and O–H groups in total. The quantitative estimate of drug-likeness (QED) is 0.551. The highest BCUT2D eigenvalue weighted by Gasteiger charge is 2.22. The zero-order chi connectivity index (χ0) is 6.97. The second-order valence-corrected chi connectivity index (χ2v) is 2.56. The Kier molecular flexibility index (Phi) is 1.10. The number of nitrogens with zero attached hydrogens (tertiary/aromatic N) is 1. The molecule has 1 aliphatic rings. The van der Waals surface area contributed by atoms with E-state index in [9.17, 15) is 0 Å². The van der Waals surface area contributed by atoms with Crippen molar-refractivity contribution in [2.75, 3.05) is 0 Å². The molecule has 0 bridgehead atoms. The van der Waals surface area contributed by atoms with Crippen LogP contribution in [0, 0.1) is 0 Å². The molecule has 10 heavy (non-hydrogen) atoms. The molecule has 1 heteroatoms. The Morgan fingerprint density at radius 1 is 1.20 bits per heavy atom. The van der Waals surface area contributed by atoms with Gasteiger partial charge < -0.3 is 0 Å². The fraction of sp³-hybridized carbons (Fsp3) is 0.222. The monoisotopic (exact) mass is 131 g/mol. The van der Waals surface area contributed by atoms with Crippen molar-refractivity contribution >= 4 is 5.71 Å². The third-order valence-electron chi connectivity index (χ3n) is 1.73. The van der Waals surface area contributed by atoms with E-state index >= 15 is 0 Å². The van der Waals surface area contributed by atoms with E-state index in [0.29, 0.717) is 6.04 Å². The van der Waals surface area contributed by atoms with Crippen molar-refractivity contribution in [2.45, 2.75) is 13.0 Å². The van der Waals surface area contributed by atoms with Crippen LogP contribution in [0.2, 0.25) is 0 Å². The van der Waals surface area contributed by atoms with Crippen molar-refractivity contribution < 1.29 is 0 Å². The second kappa shape index (κ2) is 1.94. The van der Waals surface area contributed by atoms with Crippen molar-refractivity contribution in [3.05, 3.63) is 35.9 Å². The Morgan fingerprint density at radius 3 is 2.30 bits per heavy atom. The zero-order valence-electron chi connectivity index (χ0n) is 5.91. The van der Waals surface area contributed by atoms with E-state index in [1.54, 1.807) is 0 Å². The Morgan fingerprint density at radius 2 is 1.80 bits per heavy atom. The summed E-state index contributed by atoms with van der Waals surface area (Å²) in [6.07, 6.45) is 0. The average Bonchev–Trinajstić information content (AvgIpc) is 2.69. The highest BCUT2D eigenvalue weighted by molar-refractivity contribution is 6.12. The van der Waals surface area contributed by atoms with Crippen LogP contribution in [0.5, 0.6) is 0 Å². The molecule has 0 amide bonds. The van der Waals surface area contributed by atoms with Gasteiger partial charge in [-0.3, -0.25) is 4.99 Å². The Balaban J connectivity index is 2.29. The van der Waals surface area contributed by atoms with Crippen LogP contribution in [0.4, 0.5) is 0 Å². The maximum absolute atomic E-state index is 4.24. The summed E-state index contributed by atoms with van der Waals surface area (Å²) < 4.78 is 0. The lowest BCUT2D eigenvalue weighted by atomic mass is 10.1. The number of rotatable bonds is 1. The normalized spacial score (nSPS) is 22.1. The lowest BCUT2D eigenvalue weighted by molar-refractivity contribution is 1.15. The molecule has 1 aromatic carbocycles. The third kappa shape index (κ3) is 0.838. The van der Waals surface area contributed by atoms with Crippen LogP contribution in [0.25, 0.3) is 0 Å². The molecule has 0 saturated heterocycles. The number of hydrogen-bond donors (Lipinski definition) is 0. The van der Waals surface area contributed by atoms with Gasteiger partial charge in [-0.1, -0.05) is 30.3 Å². The van der Waals surface area contributed by atoms with Gasteiger partial charge in [0, 0.05) is 0 Å². The third-order valence-corrected chi connectivity index (χ3v) is 1.73. The van der Waals surface area contributed by atoms with E-state index in [1.807, 2.05) is 18.2 Å².